The summed E-state index contributed by atoms with van der Waals surface area (Å²) < 4.78 is 5.65. The second-order valence-corrected chi connectivity index (χ2v) is 4.46. The molecule has 3 nitrogen and oxygen atoms in total. The van der Waals surface area contributed by atoms with Crippen LogP contribution >= 0.6 is 0 Å². The smallest absolute Gasteiger partial charge is 0.119 e. The van der Waals surface area contributed by atoms with Crippen LogP contribution in [0.5, 0.6) is 5.75 Å². The van der Waals surface area contributed by atoms with E-state index in [9.17, 15) is 0 Å². The van der Waals surface area contributed by atoms with Gasteiger partial charge in [0, 0.05) is 0 Å². The first-order valence-electron chi connectivity index (χ1n) is 5.86. The van der Waals surface area contributed by atoms with Gasteiger partial charge in [-0.3, -0.25) is 11.3 Å². The van der Waals surface area contributed by atoms with E-state index < -0.39 is 0 Å². The van der Waals surface area contributed by atoms with Gasteiger partial charge < -0.3 is 4.74 Å². The zero-order valence-electron chi connectivity index (χ0n) is 10.1. The lowest BCUT2D eigenvalue weighted by molar-refractivity contribution is 0.251. The maximum Gasteiger partial charge on any atom is 0.119 e. The third-order valence-corrected chi connectivity index (χ3v) is 2.52. The van der Waals surface area contributed by atoms with Crippen LogP contribution in [0.2, 0.25) is 0 Å². The van der Waals surface area contributed by atoms with Gasteiger partial charge in [0.2, 0.25) is 0 Å². The highest BCUT2D eigenvalue weighted by Crippen LogP contribution is 2.11. The molecule has 0 amide bonds. The lowest BCUT2D eigenvalue weighted by Gasteiger charge is -2.17. The Morgan fingerprint density at radius 3 is 2.44 bits per heavy atom. The summed E-state index contributed by atoms with van der Waals surface area (Å²) in [5, 5.41) is 0. The van der Waals surface area contributed by atoms with Gasteiger partial charge in [-0.05, 0) is 30.9 Å². The number of para-hydroxylation sites is 1. The molecule has 3 N–H and O–H groups in total. The van der Waals surface area contributed by atoms with Gasteiger partial charge in [-0.2, -0.15) is 0 Å². The Kier molecular flexibility index (Phi) is 5.90. The number of ether oxygens (including phenoxy) is 1. The number of nitrogens with two attached hydrogens (primary N) is 1. The van der Waals surface area contributed by atoms with Crippen LogP contribution in [0.3, 0.4) is 0 Å². The Morgan fingerprint density at radius 2 is 1.88 bits per heavy atom. The quantitative estimate of drug-likeness (QED) is 0.550. The average molecular weight is 222 g/mol. The molecule has 1 aromatic carbocycles. The zero-order valence-corrected chi connectivity index (χ0v) is 10.1. The molecule has 0 fully saturated rings. The van der Waals surface area contributed by atoms with E-state index in [0.29, 0.717) is 12.5 Å². The van der Waals surface area contributed by atoms with Crippen LogP contribution in [0.25, 0.3) is 0 Å². The normalized spacial score (nSPS) is 12.8. The van der Waals surface area contributed by atoms with E-state index in [4.69, 9.17) is 10.6 Å². The minimum Gasteiger partial charge on any atom is -0.492 e. The van der Waals surface area contributed by atoms with Crippen LogP contribution in [0.15, 0.2) is 30.3 Å². The lowest BCUT2D eigenvalue weighted by Crippen LogP contribution is -2.39. The van der Waals surface area contributed by atoms with Crippen molar-refractivity contribution in [3.63, 3.8) is 0 Å². The van der Waals surface area contributed by atoms with Crippen molar-refractivity contribution in [2.24, 2.45) is 11.8 Å². The molecule has 0 aromatic heterocycles. The number of rotatable bonds is 7. The fourth-order valence-corrected chi connectivity index (χ4v) is 1.46. The fourth-order valence-electron chi connectivity index (χ4n) is 1.46. The van der Waals surface area contributed by atoms with Crippen LogP contribution in [0.1, 0.15) is 26.7 Å². The van der Waals surface area contributed by atoms with Gasteiger partial charge in [0.05, 0.1) is 6.04 Å². The Morgan fingerprint density at radius 1 is 1.19 bits per heavy atom. The summed E-state index contributed by atoms with van der Waals surface area (Å²) in [6, 6.07) is 10.0. The van der Waals surface area contributed by atoms with Crippen molar-refractivity contribution in [3.05, 3.63) is 30.3 Å². The molecule has 0 radical (unpaired) electrons. The van der Waals surface area contributed by atoms with Crippen molar-refractivity contribution in [2.75, 3.05) is 6.61 Å². The summed E-state index contributed by atoms with van der Waals surface area (Å²) in [6.07, 6.45) is 2.20. The standard InChI is InChI=1S/C13H22N2O/c1-11(2)8-9-12(15-14)10-16-13-6-4-3-5-7-13/h3-7,11-12,15H,8-10,14H2,1-2H3. The number of hydrogen-bond donors (Lipinski definition) is 2. The van der Waals surface area contributed by atoms with E-state index in [1.165, 1.54) is 0 Å². The largest absolute Gasteiger partial charge is 0.492 e. The molecule has 0 aliphatic carbocycles. The third kappa shape index (κ3) is 5.14. The number of hydrogen-bond acceptors (Lipinski definition) is 3. The summed E-state index contributed by atoms with van der Waals surface area (Å²) >= 11 is 0. The molecule has 1 aromatic rings. The van der Waals surface area contributed by atoms with E-state index in [1.807, 2.05) is 30.3 Å². The maximum absolute atomic E-state index is 5.65. The molecule has 0 spiro atoms. The Hall–Kier alpha value is -1.06. The van der Waals surface area contributed by atoms with Crippen molar-refractivity contribution in [1.29, 1.82) is 0 Å². The van der Waals surface area contributed by atoms with Crippen molar-refractivity contribution in [3.8, 4) is 5.75 Å². The average Bonchev–Trinajstić information content (AvgIpc) is 2.30. The molecule has 0 aliphatic rings. The van der Waals surface area contributed by atoms with Gasteiger partial charge in [-0.15, -0.1) is 0 Å². The van der Waals surface area contributed by atoms with Crippen molar-refractivity contribution in [1.82, 2.24) is 5.43 Å². The molecule has 3 heteroatoms. The minimum atomic E-state index is 0.225. The first kappa shape index (κ1) is 13.0. The fraction of sp³-hybridized carbons (Fsp3) is 0.538. The first-order valence-corrected chi connectivity index (χ1v) is 5.86. The zero-order chi connectivity index (χ0) is 11.8. The molecule has 0 saturated heterocycles. The van der Waals surface area contributed by atoms with Crippen LogP contribution < -0.4 is 16.0 Å². The SMILES string of the molecule is CC(C)CCC(COc1ccccc1)NN. The Balaban J connectivity index is 2.28. The van der Waals surface area contributed by atoms with Gasteiger partial charge in [-0.25, -0.2) is 0 Å². The number of nitrogens with one attached hydrogen (secondary N) is 1. The van der Waals surface area contributed by atoms with E-state index in [-0.39, 0.29) is 6.04 Å². The van der Waals surface area contributed by atoms with Gasteiger partial charge in [0.1, 0.15) is 12.4 Å². The van der Waals surface area contributed by atoms with Gasteiger partial charge in [0.15, 0.2) is 0 Å². The predicted octanol–water partition coefficient (Wildman–Crippen LogP) is 2.33. The van der Waals surface area contributed by atoms with Crippen molar-refractivity contribution >= 4 is 0 Å². The summed E-state index contributed by atoms with van der Waals surface area (Å²) in [4.78, 5) is 0. The molecule has 90 valence electrons. The predicted molar refractivity (Wildman–Crippen MR) is 67.1 cm³/mol. The molecular weight excluding hydrogens is 200 g/mol. The highest BCUT2D eigenvalue weighted by molar-refractivity contribution is 5.20. The molecule has 0 bridgehead atoms. The second-order valence-electron chi connectivity index (χ2n) is 4.46. The van der Waals surface area contributed by atoms with Crippen LogP contribution in [0, 0.1) is 5.92 Å². The molecular formula is C13H22N2O. The van der Waals surface area contributed by atoms with Crippen molar-refractivity contribution in [2.45, 2.75) is 32.7 Å². The molecule has 0 heterocycles. The summed E-state index contributed by atoms with van der Waals surface area (Å²) in [6.45, 7) is 5.05. The maximum atomic E-state index is 5.65. The van der Waals surface area contributed by atoms with Crippen LogP contribution in [-0.4, -0.2) is 12.6 Å². The molecule has 16 heavy (non-hydrogen) atoms. The summed E-state index contributed by atoms with van der Waals surface area (Å²) in [5.74, 6) is 7.09. The van der Waals surface area contributed by atoms with E-state index in [0.717, 1.165) is 18.6 Å². The number of benzene rings is 1. The van der Waals surface area contributed by atoms with Crippen LogP contribution in [-0.2, 0) is 0 Å². The van der Waals surface area contributed by atoms with Crippen molar-refractivity contribution < 1.29 is 4.74 Å². The minimum absolute atomic E-state index is 0.225. The third-order valence-electron chi connectivity index (χ3n) is 2.52. The lowest BCUT2D eigenvalue weighted by atomic mass is 10.0. The Labute approximate surface area is 98.0 Å². The monoisotopic (exact) mass is 222 g/mol. The highest BCUT2D eigenvalue weighted by atomic mass is 16.5. The van der Waals surface area contributed by atoms with Crippen LogP contribution in [0.4, 0.5) is 0 Å². The molecule has 1 rings (SSSR count). The van der Waals surface area contributed by atoms with E-state index in [2.05, 4.69) is 19.3 Å². The molecule has 1 unspecified atom stereocenters. The second kappa shape index (κ2) is 7.25. The molecule has 1 atom stereocenters. The summed E-state index contributed by atoms with van der Waals surface area (Å²) in [5.41, 5.74) is 2.80. The Bertz CT molecular complexity index is 275. The first-order chi connectivity index (χ1) is 7.72. The topological polar surface area (TPSA) is 47.3 Å². The van der Waals surface area contributed by atoms with Gasteiger partial charge in [0.25, 0.3) is 0 Å². The summed E-state index contributed by atoms with van der Waals surface area (Å²) in [7, 11) is 0. The highest BCUT2D eigenvalue weighted by Gasteiger charge is 2.08. The van der Waals surface area contributed by atoms with Gasteiger partial charge >= 0.3 is 0 Å². The van der Waals surface area contributed by atoms with E-state index in [1.54, 1.807) is 0 Å². The van der Waals surface area contributed by atoms with Gasteiger partial charge in [-0.1, -0.05) is 32.0 Å². The molecule has 0 aliphatic heterocycles. The number of hydrazine groups is 1. The molecule has 0 saturated carbocycles. The van der Waals surface area contributed by atoms with E-state index >= 15 is 0 Å².